The van der Waals surface area contributed by atoms with Crippen molar-refractivity contribution in [1.82, 2.24) is 9.97 Å². The molecular formula is C16H14F2N2. The van der Waals surface area contributed by atoms with Crippen LogP contribution in [0.4, 0.5) is 8.78 Å². The number of rotatable bonds is 3. The van der Waals surface area contributed by atoms with E-state index in [0.717, 1.165) is 24.4 Å². The second kappa shape index (κ2) is 5.04. The van der Waals surface area contributed by atoms with Crippen LogP contribution >= 0.6 is 0 Å². The van der Waals surface area contributed by atoms with E-state index >= 15 is 0 Å². The molecule has 102 valence electrons. The molecule has 0 bridgehead atoms. The third kappa shape index (κ3) is 2.41. The molecule has 0 saturated carbocycles. The number of hydrogen-bond acceptors (Lipinski definition) is 1. The summed E-state index contributed by atoms with van der Waals surface area (Å²) in [5, 5.41) is 0. The molecule has 0 aliphatic carbocycles. The molecule has 0 saturated heterocycles. The zero-order valence-electron chi connectivity index (χ0n) is 11.1. The highest BCUT2D eigenvalue weighted by atomic mass is 19.2. The summed E-state index contributed by atoms with van der Waals surface area (Å²) in [6.45, 7) is 2.07. The lowest BCUT2D eigenvalue weighted by Crippen LogP contribution is -1.95. The SMILES string of the molecule is Cc1ccccc1CCc1nc2cc(F)c(F)cc2[nH]1. The van der Waals surface area contributed by atoms with Gasteiger partial charge in [0.1, 0.15) is 5.82 Å². The van der Waals surface area contributed by atoms with Gasteiger partial charge in [-0.3, -0.25) is 0 Å². The summed E-state index contributed by atoms with van der Waals surface area (Å²) in [6, 6.07) is 10.4. The number of halogens is 2. The van der Waals surface area contributed by atoms with Crippen LogP contribution in [0.25, 0.3) is 11.0 Å². The lowest BCUT2D eigenvalue weighted by molar-refractivity contribution is 0.510. The van der Waals surface area contributed by atoms with Crippen molar-refractivity contribution in [2.75, 3.05) is 0 Å². The van der Waals surface area contributed by atoms with Crippen molar-refractivity contribution < 1.29 is 8.78 Å². The van der Waals surface area contributed by atoms with Gasteiger partial charge < -0.3 is 4.98 Å². The van der Waals surface area contributed by atoms with E-state index < -0.39 is 11.6 Å². The molecule has 0 atom stereocenters. The van der Waals surface area contributed by atoms with E-state index in [1.165, 1.54) is 11.1 Å². The van der Waals surface area contributed by atoms with E-state index in [9.17, 15) is 8.78 Å². The molecule has 0 radical (unpaired) electrons. The highest BCUT2D eigenvalue weighted by Crippen LogP contribution is 2.17. The lowest BCUT2D eigenvalue weighted by Gasteiger charge is -2.03. The molecule has 3 rings (SSSR count). The van der Waals surface area contributed by atoms with E-state index in [4.69, 9.17) is 0 Å². The van der Waals surface area contributed by atoms with Crippen molar-refractivity contribution in [3.05, 3.63) is 65.0 Å². The van der Waals surface area contributed by atoms with Crippen LogP contribution < -0.4 is 0 Å². The van der Waals surface area contributed by atoms with E-state index in [2.05, 4.69) is 29.0 Å². The van der Waals surface area contributed by atoms with E-state index in [0.29, 0.717) is 17.5 Å². The van der Waals surface area contributed by atoms with Crippen molar-refractivity contribution in [2.24, 2.45) is 0 Å². The van der Waals surface area contributed by atoms with Crippen LogP contribution in [0.1, 0.15) is 17.0 Å². The Balaban J connectivity index is 1.83. The molecule has 3 aromatic rings. The fourth-order valence-electron chi connectivity index (χ4n) is 2.32. The van der Waals surface area contributed by atoms with Gasteiger partial charge in [0, 0.05) is 18.6 Å². The monoisotopic (exact) mass is 272 g/mol. The van der Waals surface area contributed by atoms with Crippen molar-refractivity contribution in [1.29, 1.82) is 0 Å². The number of aromatic nitrogens is 2. The van der Waals surface area contributed by atoms with Gasteiger partial charge in [-0.15, -0.1) is 0 Å². The molecular weight excluding hydrogens is 258 g/mol. The molecule has 0 unspecified atom stereocenters. The number of benzene rings is 2. The highest BCUT2D eigenvalue weighted by Gasteiger charge is 2.09. The van der Waals surface area contributed by atoms with Gasteiger partial charge in [-0.25, -0.2) is 13.8 Å². The third-order valence-corrected chi connectivity index (χ3v) is 3.47. The Morgan fingerprint density at radius 3 is 2.60 bits per heavy atom. The average molecular weight is 272 g/mol. The summed E-state index contributed by atoms with van der Waals surface area (Å²) in [5.74, 6) is -0.977. The first-order valence-electron chi connectivity index (χ1n) is 6.51. The Morgan fingerprint density at radius 1 is 1.05 bits per heavy atom. The highest BCUT2D eigenvalue weighted by molar-refractivity contribution is 5.75. The molecule has 1 heterocycles. The Hall–Kier alpha value is -2.23. The van der Waals surface area contributed by atoms with Crippen molar-refractivity contribution in [2.45, 2.75) is 19.8 Å². The van der Waals surface area contributed by atoms with Gasteiger partial charge in [0.2, 0.25) is 0 Å². The minimum atomic E-state index is -0.866. The zero-order chi connectivity index (χ0) is 14.1. The van der Waals surface area contributed by atoms with Crippen LogP contribution in [-0.4, -0.2) is 9.97 Å². The molecule has 20 heavy (non-hydrogen) atoms. The number of fused-ring (bicyclic) bond motifs is 1. The molecule has 0 spiro atoms. The minimum Gasteiger partial charge on any atom is -0.342 e. The first-order valence-corrected chi connectivity index (χ1v) is 6.51. The molecule has 4 heteroatoms. The average Bonchev–Trinajstić information content (AvgIpc) is 2.80. The number of aryl methyl sites for hydroxylation is 3. The van der Waals surface area contributed by atoms with Crippen LogP contribution in [0, 0.1) is 18.6 Å². The van der Waals surface area contributed by atoms with Gasteiger partial charge in [-0.05, 0) is 24.5 Å². The predicted octanol–water partition coefficient (Wildman–Crippen LogP) is 3.93. The van der Waals surface area contributed by atoms with E-state index in [1.807, 2.05) is 12.1 Å². The summed E-state index contributed by atoms with van der Waals surface area (Å²) in [6.07, 6.45) is 1.56. The van der Waals surface area contributed by atoms with Crippen molar-refractivity contribution in [3.8, 4) is 0 Å². The number of nitrogens with zero attached hydrogens (tertiary/aromatic N) is 1. The van der Waals surface area contributed by atoms with E-state index in [1.54, 1.807) is 0 Å². The van der Waals surface area contributed by atoms with Crippen LogP contribution in [0.3, 0.4) is 0 Å². The van der Waals surface area contributed by atoms with E-state index in [-0.39, 0.29) is 0 Å². The molecule has 2 nitrogen and oxygen atoms in total. The molecule has 2 aromatic carbocycles. The van der Waals surface area contributed by atoms with Gasteiger partial charge >= 0.3 is 0 Å². The van der Waals surface area contributed by atoms with Crippen LogP contribution in [0.2, 0.25) is 0 Å². The van der Waals surface area contributed by atoms with Crippen LogP contribution in [-0.2, 0) is 12.8 Å². The number of hydrogen-bond donors (Lipinski definition) is 1. The first kappa shape index (κ1) is 12.8. The lowest BCUT2D eigenvalue weighted by atomic mass is 10.0. The quantitative estimate of drug-likeness (QED) is 0.768. The third-order valence-electron chi connectivity index (χ3n) is 3.47. The van der Waals surface area contributed by atoms with Crippen molar-refractivity contribution in [3.63, 3.8) is 0 Å². The second-order valence-electron chi connectivity index (χ2n) is 4.89. The molecule has 0 fully saturated rings. The summed E-state index contributed by atoms with van der Waals surface area (Å²) < 4.78 is 26.3. The van der Waals surface area contributed by atoms with Crippen molar-refractivity contribution >= 4 is 11.0 Å². The summed E-state index contributed by atoms with van der Waals surface area (Å²) >= 11 is 0. The Morgan fingerprint density at radius 2 is 1.80 bits per heavy atom. The minimum absolute atomic E-state index is 0.462. The second-order valence-corrected chi connectivity index (χ2v) is 4.89. The largest absolute Gasteiger partial charge is 0.342 e. The van der Waals surface area contributed by atoms with Gasteiger partial charge in [0.25, 0.3) is 0 Å². The van der Waals surface area contributed by atoms with Gasteiger partial charge in [0.05, 0.1) is 11.0 Å². The number of H-pyrrole nitrogens is 1. The topological polar surface area (TPSA) is 28.7 Å². The summed E-state index contributed by atoms with van der Waals surface area (Å²) in [4.78, 5) is 7.33. The maximum absolute atomic E-state index is 13.1. The maximum atomic E-state index is 13.1. The number of nitrogens with one attached hydrogen (secondary N) is 1. The fourth-order valence-corrected chi connectivity index (χ4v) is 2.32. The molecule has 0 amide bonds. The number of imidazole rings is 1. The van der Waals surface area contributed by atoms with Gasteiger partial charge in [-0.1, -0.05) is 24.3 Å². The Kier molecular flexibility index (Phi) is 3.22. The standard InChI is InChI=1S/C16H14F2N2/c1-10-4-2-3-5-11(10)6-7-16-19-14-8-12(17)13(18)9-15(14)20-16/h2-5,8-9H,6-7H2,1H3,(H,19,20). The normalized spacial score (nSPS) is 11.2. The maximum Gasteiger partial charge on any atom is 0.161 e. The van der Waals surface area contributed by atoms with Crippen LogP contribution in [0.15, 0.2) is 36.4 Å². The summed E-state index contributed by atoms with van der Waals surface area (Å²) in [7, 11) is 0. The molecule has 1 N–H and O–H groups in total. The number of aromatic amines is 1. The van der Waals surface area contributed by atoms with Gasteiger partial charge in [0.15, 0.2) is 11.6 Å². The van der Waals surface area contributed by atoms with Crippen LogP contribution in [0.5, 0.6) is 0 Å². The Labute approximate surface area is 115 Å². The zero-order valence-corrected chi connectivity index (χ0v) is 11.1. The molecule has 0 aliphatic rings. The molecule has 1 aromatic heterocycles. The molecule has 0 aliphatic heterocycles. The predicted molar refractivity (Wildman–Crippen MR) is 74.6 cm³/mol. The smallest absolute Gasteiger partial charge is 0.161 e. The first-order chi connectivity index (χ1) is 9.63. The fraction of sp³-hybridized carbons (Fsp3) is 0.188. The van der Waals surface area contributed by atoms with Gasteiger partial charge in [-0.2, -0.15) is 0 Å². The summed E-state index contributed by atoms with van der Waals surface area (Å²) in [5.41, 5.74) is 3.48. The Bertz CT molecular complexity index is 723.